The molecule has 10 nitrogen and oxygen atoms in total. The van der Waals surface area contributed by atoms with Gasteiger partial charge in [-0.25, -0.2) is 17.9 Å². The Bertz CT molecular complexity index is 1250. The lowest BCUT2D eigenvalue weighted by Crippen LogP contribution is -2.52. The van der Waals surface area contributed by atoms with Crippen LogP contribution in [0, 0.1) is 5.92 Å². The zero-order valence-electron chi connectivity index (χ0n) is 18.4. The van der Waals surface area contributed by atoms with Crippen molar-refractivity contribution < 1.29 is 23.0 Å². The van der Waals surface area contributed by atoms with Crippen LogP contribution in [-0.2, 0) is 31.7 Å². The summed E-state index contributed by atoms with van der Waals surface area (Å²) >= 11 is 0. The van der Waals surface area contributed by atoms with E-state index in [9.17, 15) is 13.5 Å². The normalized spacial score (nSPS) is 28.4. The van der Waals surface area contributed by atoms with Crippen molar-refractivity contribution in [1.82, 2.24) is 19.6 Å². The molecule has 172 valence electrons. The number of sulfone groups is 1. The molecular weight excluding hydrogens is 434 g/mol. The van der Waals surface area contributed by atoms with E-state index in [4.69, 9.17) is 15.2 Å². The second-order valence-corrected chi connectivity index (χ2v) is 10.2. The maximum absolute atomic E-state index is 12.1. The fraction of sp³-hybridized carbons (Fsp3) is 0.476. The number of nitrogens with two attached hydrogens (primary N) is 1. The van der Waals surface area contributed by atoms with E-state index >= 15 is 0 Å². The van der Waals surface area contributed by atoms with E-state index in [1.807, 2.05) is 44.2 Å². The van der Waals surface area contributed by atoms with Crippen molar-refractivity contribution in [1.29, 1.82) is 0 Å². The Balaban J connectivity index is 1.85. The number of fused-ring (bicyclic) bond motifs is 1. The molecule has 1 aromatic carbocycles. The van der Waals surface area contributed by atoms with Crippen molar-refractivity contribution in [2.75, 3.05) is 12.0 Å². The third-order valence-electron chi connectivity index (χ3n) is 6.25. The summed E-state index contributed by atoms with van der Waals surface area (Å²) in [6.45, 7) is 5.93. The molecule has 1 saturated heterocycles. The van der Waals surface area contributed by atoms with Crippen molar-refractivity contribution in [2.45, 2.75) is 56.4 Å². The fourth-order valence-corrected chi connectivity index (χ4v) is 4.65. The van der Waals surface area contributed by atoms with Gasteiger partial charge >= 0.3 is 0 Å². The van der Waals surface area contributed by atoms with Gasteiger partial charge in [-0.15, -0.1) is 5.10 Å². The molecule has 1 fully saturated rings. The quantitative estimate of drug-likeness (QED) is 0.560. The predicted molar refractivity (Wildman–Crippen MR) is 116 cm³/mol. The molecular formula is C21H27N5O5S. The minimum absolute atomic E-state index is 0.113. The Morgan fingerprint density at radius 2 is 2.00 bits per heavy atom. The summed E-state index contributed by atoms with van der Waals surface area (Å²) < 4.78 is 37.8. The maximum atomic E-state index is 12.1. The van der Waals surface area contributed by atoms with Gasteiger partial charge in [0.25, 0.3) is 5.16 Å². The molecule has 3 heterocycles. The molecule has 4 atom stereocenters. The Morgan fingerprint density at radius 3 is 2.62 bits per heavy atom. The number of ether oxygens (including phenoxy) is 2. The lowest BCUT2D eigenvalue weighted by molar-refractivity contribution is -0.288. The van der Waals surface area contributed by atoms with Crippen molar-refractivity contribution in [2.24, 2.45) is 5.92 Å². The number of anilines is 1. The molecule has 32 heavy (non-hydrogen) atoms. The molecule has 0 bridgehead atoms. The number of aromatic nitrogens is 4. The first kappa shape index (κ1) is 22.6. The molecule has 3 N–H and O–H groups in total. The molecule has 3 aromatic rings. The van der Waals surface area contributed by atoms with Crippen LogP contribution < -0.4 is 5.73 Å². The highest BCUT2D eigenvalue weighted by Crippen LogP contribution is 2.51. The second-order valence-electron chi connectivity index (χ2n) is 8.31. The number of hydrogen-bond acceptors (Lipinski definition) is 9. The summed E-state index contributed by atoms with van der Waals surface area (Å²) in [5.41, 5.74) is 5.90. The van der Waals surface area contributed by atoms with Crippen molar-refractivity contribution >= 4 is 21.3 Å². The van der Waals surface area contributed by atoms with Gasteiger partial charge in [-0.05, 0) is 18.9 Å². The first-order valence-electron chi connectivity index (χ1n) is 10.3. The Labute approximate surface area is 186 Å². The van der Waals surface area contributed by atoms with Gasteiger partial charge in [-0.2, -0.15) is 4.98 Å². The Hall–Kier alpha value is -2.60. The molecule has 0 amide bonds. The molecule has 0 radical (unpaired) electrons. The number of nitrogen functional groups attached to an aromatic ring is 1. The van der Waals surface area contributed by atoms with Crippen LogP contribution in [-0.4, -0.2) is 51.1 Å². The van der Waals surface area contributed by atoms with E-state index < -0.39 is 26.4 Å². The number of hydrogen-bond donors (Lipinski definition) is 2. The van der Waals surface area contributed by atoms with Crippen LogP contribution in [0.5, 0.6) is 0 Å². The van der Waals surface area contributed by atoms with Crippen LogP contribution in [0.25, 0.3) is 5.65 Å². The molecule has 2 aromatic heterocycles. The fourth-order valence-electron chi connectivity index (χ4n) is 4.16. The molecule has 1 aliphatic heterocycles. The third-order valence-corrected chi connectivity index (χ3v) is 7.09. The monoisotopic (exact) mass is 461 g/mol. The zero-order valence-corrected chi connectivity index (χ0v) is 19.2. The Kier molecular flexibility index (Phi) is 5.48. The van der Waals surface area contributed by atoms with E-state index in [1.54, 1.807) is 6.92 Å². The summed E-state index contributed by atoms with van der Waals surface area (Å²) in [6.07, 6.45) is 2.66. The number of nitrogens with zero attached hydrogens (tertiary/aromatic N) is 4. The van der Waals surface area contributed by atoms with Crippen molar-refractivity contribution in [3.63, 3.8) is 0 Å². The highest BCUT2D eigenvalue weighted by atomic mass is 32.2. The average molecular weight is 462 g/mol. The maximum Gasteiger partial charge on any atom is 0.267 e. The molecule has 0 aliphatic carbocycles. The van der Waals surface area contributed by atoms with Crippen LogP contribution in [0.1, 0.15) is 38.4 Å². The van der Waals surface area contributed by atoms with Crippen LogP contribution in [0.4, 0.5) is 5.82 Å². The molecule has 4 rings (SSSR count). The van der Waals surface area contributed by atoms with Gasteiger partial charge in [-0.1, -0.05) is 44.2 Å². The van der Waals surface area contributed by atoms with Gasteiger partial charge in [0.15, 0.2) is 11.5 Å². The standard InChI is InChI=1S/C21H27N5O5S/c1-5-15-13(2)20(3,30-12-14-9-7-6-8-10-14)21(27,31-15)16-11-23-18-17(22)24-19(25-26(16)18)32(4,28)29/h6-11,13,15,27H,5,12H2,1-4H3,(H2,22,24,25)/t13-,15-,20-,21+/m1/s1. The molecule has 1 aliphatic rings. The summed E-state index contributed by atoms with van der Waals surface area (Å²) in [7, 11) is -3.76. The van der Waals surface area contributed by atoms with E-state index in [1.165, 1.54) is 10.7 Å². The predicted octanol–water partition coefficient (Wildman–Crippen LogP) is 1.68. The minimum Gasteiger partial charge on any atom is -0.380 e. The number of imidazole rings is 1. The van der Waals surface area contributed by atoms with E-state index in [0.29, 0.717) is 6.42 Å². The summed E-state index contributed by atoms with van der Waals surface area (Å²) in [6, 6.07) is 9.60. The summed E-state index contributed by atoms with van der Waals surface area (Å²) in [5.74, 6) is -2.31. The lowest BCUT2D eigenvalue weighted by Gasteiger charge is -2.39. The molecule has 0 unspecified atom stereocenters. The van der Waals surface area contributed by atoms with E-state index in [2.05, 4.69) is 15.1 Å². The second kappa shape index (κ2) is 7.77. The Morgan fingerprint density at radius 1 is 1.31 bits per heavy atom. The highest BCUT2D eigenvalue weighted by molar-refractivity contribution is 7.90. The van der Waals surface area contributed by atoms with Crippen molar-refractivity contribution in [3.05, 3.63) is 47.8 Å². The minimum atomic E-state index is -3.76. The van der Waals surface area contributed by atoms with E-state index in [0.717, 1.165) is 11.8 Å². The number of benzene rings is 1. The van der Waals surface area contributed by atoms with Gasteiger partial charge in [-0.3, -0.25) is 0 Å². The zero-order chi connectivity index (χ0) is 23.3. The van der Waals surface area contributed by atoms with Crippen LogP contribution >= 0.6 is 0 Å². The van der Waals surface area contributed by atoms with Crippen LogP contribution in [0.2, 0.25) is 0 Å². The molecule has 0 spiro atoms. The smallest absolute Gasteiger partial charge is 0.267 e. The van der Waals surface area contributed by atoms with E-state index in [-0.39, 0.29) is 35.8 Å². The average Bonchev–Trinajstić information content (AvgIpc) is 3.27. The van der Waals surface area contributed by atoms with Gasteiger partial charge in [0.1, 0.15) is 11.3 Å². The van der Waals surface area contributed by atoms with Gasteiger partial charge < -0.3 is 20.3 Å². The van der Waals surface area contributed by atoms with Crippen molar-refractivity contribution in [3.8, 4) is 0 Å². The number of rotatable bonds is 6. The van der Waals surface area contributed by atoms with Crippen LogP contribution in [0.3, 0.4) is 0 Å². The largest absolute Gasteiger partial charge is 0.380 e. The van der Waals surface area contributed by atoms with Gasteiger partial charge in [0, 0.05) is 12.2 Å². The third kappa shape index (κ3) is 3.45. The first-order chi connectivity index (χ1) is 15.0. The molecule has 11 heteroatoms. The highest BCUT2D eigenvalue weighted by Gasteiger charge is 2.64. The first-order valence-corrected chi connectivity index (χ1v) is 12.2. The topological polar surface area (TPSA) is 142 Å². The summed E-state index contributed by atoms with van der Waals surface area (Å²) in [4.78, 5) is 8.05. The molecule has 0 saturated carbocycles. The summed E-state index contributed by atoms with van der Waals surface area (Å²) in [5, 5.41) is 15.6. The van der Waals surface area contributed by atoms with Gasteiger partial charge in [0.2, 0.25) is 15.6 Å². The van der Waals surface area contributed by atoms with Gasteiger partial charge in [0.05, 0.1) is 18.9 Å². The lowest BCUT2D eigenvalue weighted by atomic mass is 9.81. The van der Waals surface area contributed by atoms with Crippen LogP contribution in [0.15, 0.2) is 41.7 Å². The SMILES string of the molecule is CC[C@H]1O[C@@](O)(c2cnc3c(N)nc(S(C)(=O)=O)nn23)[C@](C)(OCc2ccccc2)[C@@H]1C. The number of aliphatic hydroxyl groups is 1.